The lowest BCUT2D eigenvalue weighted by atomic mass is 9.71. The molecular formula is C15H24N2OS. The highest BCUT2D eigenvalue weighted by molar-refractivity contribution is 7.11. The first kappa shape index (κ1) is 13.5. The van der Waals surface area contributed by atoms with E-state index < -0.39 is 0 Å². The van der Waals surface area contributed by atoms with Gasteiger partial charge in [0.15, 0.2) is 0 Å². The molecule has 0 spiro atoms. The average molecular weight is 280 g/mol. The molecule has 1 fully saturated rings. The molecule has 1 aliphatic heterocycles. The van der Waals surface area contributed by atoms with E-state index in [1.165, 1.54) is 28.4 Å². The number of rotatable bonds is 2. The zero-order valence-corrected chi connectivity index (χ0v) is 13.0. The second-order valence-corrected chi connectivity index (χ2v) is 7.76. The summed E-state index contributed by atoms with van der Waals surface area (Å²) in [6.07, 6.45) is 5.73. The van der Waals surface area contributed by atoms with Crippen LogP contribution in [-0.4, -0.2) is 18.6 Å². The van der Waals surface area contributed by atoms with Crippen molar-refractivity contribution in [1.82, 2.24) is 10.3 Å². The number of aromatic nitrogens is 1. The molecule has 1 N–H and O–H groups in total. The van der Waals surface area contributed by atoms with Gasteiger partial charge in [-0.3, -0.25) is 0 Å². The first-order chi connectivity index (χ1) is 9.05. The predicted molar refractivity (Wildman–Crippen MR) is 78.5 cm³/mol. The topological polar surface area (TPSA) is 34.1 Å². The molecule has 2 aliphatic rings. The normalized spacial score (nSPS) is 25.0. The Bertz CT molecular complexity index is 433. The molecule has 0 amide bonds. The van der Waals surface area contributed by atoms with Crippen LogP contribution in [0.2, 0.25) is 0 Å². The minimum atomic E-state index is -0.114. The first-order valence-electron chi connectivity index (χ1n) is 7.30. The van der Waals surface area contributed by atoms with Crippen molar-refractivity contribution in [3.8, 4) is 0 Å². The Hall–Kier alpha value is -0.450. The average Bonchev–Trinajstić information content (AvgIpc) is 2.84. The zero-order valence-electron chi connectivity index (χ0n) is 12.2. The Morgan fingerprint density at radius 3 is 2.58 bits per heavy atom. The summed E-state index contributed by atoms with van der Waals surface area (Å²) < 4.78 is 5.96. The summed E-state index contributed by atoms with van der Waals surface area (Å²) in [5, 5.41) is 4.65. The molecule has 0 atom stereocenters. The van der Waals surface area contributed by atoms with Crippen LogP contribution in [0.25, 0.3) is 0 Å². The van der Waals surface area contributed by atoms with E-state index in [1.807, 2.05) is 18.4 Å². The first-order valence-corrected chi connectivity index (χ1v) is 8.11. The molecule has 0 bridgehead atoms. The van der Waals surface area contributed by atoms with E-state index in [1.54, 1.807) is 0 Å². The molecule has 106 valence electrons. The number of methoxy groups -OCH3 is 1. The third kappa shape index (κ3) is 2.46. The third-order valence-corrected chi connectivity index (χ3v) is 6.08. The Balaban J connectivity index is 1.88. The van der Waals surface area contributed by atoms with Crippen molar-refractivity contribution in [1.29, 1.82) is 0 Å². The lowest BCUT2D eigenvalue weighted by Crippen LogP contribution is -2.36. The van der Waals surface area contributed by atoms with E-state index >= 15 is 0 Å². The van der Waals surface area contributed by atoms with E-state index in [0.717, 1.165) is 32.4 Å². The van der Waals surface area contributed by atoms with Gasteiger partial charge in [-0.15, -0.1) is 11.3 Å². The van der Waals surface area contributed by atoms with E-state index in [9.17, 15) is 0 Å². The summed E-state index contributed by atoms with van der Waals surface area (Å²) in [6, 6.07) is 0. The fourth-order valence-corrected chi connectivity index (χ4v) is 4.46. The summed E-state index contributed by atoms with van der Waals surface area (Å²) >= 11 is 1.87. The smallest absolute Gasteiger partial charge is 0.125 e. The lowest BCUT2D eigenvalue weighted by molar-refractivity contribution is -0.0668. The number of fused-ring (bicyclic) bond motifs is 1. The van der Waals surface area contributed by atoms with Gasteiger partial charge in [0.05, 0.1) is 5.69 Å². The molecule has 2 heterocycles. The Morgan fingerprint density at radius 1 is 1.21 bits per heavy atom. The second-order valence-electron chi connectivity index (χ2n) is 6.68. The number of ether oxygens (including phenoxy) is 1. The van der Waals surface area contributed by atoms with Crippen molar-refractivity contribution in [2.75, 3.05) is 13.7 Å². The molecule has 1 aliphatic carbocycles. The summed E-state index contributed by atoms with van der Waals surface area (Å²) in [5.74, 6) is 0. The monoisotopic (exact) mass is 280 g/mol. The molecule has 1 aromatic rings. The molecule has 3 rings (SSSR count). The number of nitrogens with one attached hydrogen (secondary N) is 1. The van der Waals surface area contributed by atoms with Gasteiger partial charge in [0, 0.05) is 31.5 Å². The second kappa shape index (κ2) is 4.83. The van der Waals surface area contributed by atoms with Crippen molar-refractivity contribution in [2.45, 2.75) is 58.1 Å². The molecular weight excluding hydrogens is 256 g/mol. The molecule has 0 aromatic carbocycles. The molecule has 3 nitrogen and oxygen atoms in total. The molecule has 0 saturated heterocycles. The van der Waals surface area contributed by atoms with Crippen LogP contribution in [0.1, 0.15) is 55.1 Å². The van der Waals surface area contributed by atoms with E-state index in [-0.39, 0.29) is 5.60 Å². The van der Waals surface area contributed by atoms with Crippen molar-refractivity contribution in [3.05, 3.63) is 15.6 Å². The van der Waals surface area contributed by atoms with Crippen molar-refractivity contribution in [2.24, 2.45) is 5.41 Å². The summed E-state index contributed by atoms with van der Waals surface area (Å²) in [4.78, 5) is 6.34. The Morgan fingerprint density at radius 2 is 1.95 bits per heavy atom. The van der Waals surface area contributed by atoms with Crippen LogP contribution in [0.4, 0.5) is 0 Å². The fourth-order valence-electron chi connectivity index (χ4n) is 3.16. The molecule has 4 heteroatoms. The highest BCUT2D eigenvalue weighted by atomic mass is 32.1. The van der Waals surface area contributed by atoms with Crippen molar-refractivity contribution in [3.63, 3.8) is 0 Å². The van der Waals surface area contributed by atoms with Crippen LogP contribution in [0.15, 0.2) is 0 Å². The largest absolute Gasteiger partial charge is 0.371 e. The van der Waals surface area contributed by atoms with Gasteiger partial charge in [-0.25, -0.2) is 4.98 Å². The standard InChI is InChI=1S/C15H24N2OS/c1-14(2)5-7-15(18-3,8-6-14)13-17-11-4-9-16-10-12(11)19-13/h16H,4-10H2,1-3H3. The van der Waals surface area contributed by atoms with Gasteiger partial charge in [-0.05, 0) is 31.1 Å². The van der Waals surface area contributed by atoms with Gasteiger partial charge in [0.1, 0.15) is 10.6 Å². The van der Waals surface area contributed by atoms with Gasteiger partial charge < -0.3 is 10.1 Å². The van der Waals surface area contributed by atoms with E-state index in [4.69, 9.17) is 9.72 Å². The summed E-state index contributed by atoms with van der Waals surface area (Å²) in [7, 11) is 1.86. The van der Waals surface area contributed by atoms with Gasteiger partial charge >= 0.3 is 0 Å². The van der Waals surface area contributed by atoms with Gasteiger partial charge in [0.2, 0.25) is 0 Å². The molecule has 1 saturated carbocycles. The SMILES string of the molecule is COC1(c2nc3c(s2)CNCC3)CCC(C)(C)CC1. The molecule has 0 radical (unpaired) electrons. The molecule has 19 heavy (non-hydrogen) atoms. The Labute approximate surface area is 119 Å². The van der Waals surface area contributed by atoms with Gasteiger partial charge in [0.25, 0.3) is 0 Å². The van der Waals surface area contributed by atoms with Crippen LogP contribution in [0, 0.1) is 5.41 Å². The number of nitrogens with zero attached hydrogens (tertiary/aromatic N) is 1. The van der Waals surface area contributed by atoms with E-state index in [0.29, 0.717) is 5.41 Å². The minimum absolute atomic E-state index is 0.114. The van der Waals surface area contributed by atoms with Crippen molar-refractivity contribution < 1.29 is 4.74 Å². The zero-order chi connectivity index (χ0) is 13.5. The predicted octanol–water partition coefficient (Wildman–Crippen LogP) is 3.23. The van der Waals surface area contributed by atoms with Crippen LogP contribution in [-0.2, 0) is 23.3 Å². The van der Waals surface area contributed by atoms with Gasteiger partial charge in [-0.1, -0.05) is 13.8 Å². The molecule has 1 aromatic heterocycles. The minimum Gasteiger partial charge on any atom is -0.371 e. The van der Waals surface area contributed by atoms with Gasteiger partial charge in [-0.2, -0.15) is 0 Å². The number of hydrogen-bond donors (Lipinski definition) is 1. The van der Waals surface area contributed by atoms with Crippen molar-refractivity contribution >= 4 is 11.3 Å². The fraction of sp³-hybridized carbons (Fsp3) is 0.800. The van der Waals surface area contributed by atoms with Crippen LogP contribution in [0.5, 0.6) is 0 Å². The summed E-state index contributed by atoms with van der Waals surface area (Å²) in [5.41, 5.74) is 1.65. The van der Waals surface area contributed by atoms with Crippen LogP contribution < -0.4 is 5.32 Å². The highest BCUT2D eigenvalue weighted by Crippen LogP contribution is 2.48. The molecule has 0 unspecified atom stereocenters. The lowest BCUT2D eigenvalue weighted by Gasteiger charge is -2.41. The quantitative estimate of drug-likeness (QED) is 0.903. The Kier molecular flexibility index (Phi) is 3.44. The van der Waals surface area contributed by atoms with E-state index in [2.05, 4.69) is 19.2 Å². The van der Waals surface area contributed by atoms with Crippen LogP contribution in [0.3, 0.4) is 0 Å². The maximum Gasteiger partial charge on any atom is 0.125 e. The van der Waals surface area contributed by atoms with Crippen LogP contribution >= 0.6 is 11.3 Å². The number of thiazole rings is 1. The maximum atomic E-state index is 5.96. The highest BCUT2D eigenvalue weighted by Gasteiger charge is 2.42. The number of hydrogen-bond acceptors (Lipinski definition) is 4. The summed E-state index contributed by atoms with van der Waals surface area (Å²) in [6.45, 7) is 6.77. The maximum absolute atomic E-state index is 5.96. The third-order valence-electron chi connectivity index (χ3n) is 4.79.